The molecular formula is C18H15Cl2N3O4. The van der Waals surface area contributed by atoms with E-state index in [-0.39, 0.29) is 11.6 Å². The Bertz CT molecular complexity index is 883. The van der Waals surface area contributed by atoms with Crippen LogP contribution in [0.3, 0.4) is 0 Å². The van der Waals surface area contributed by atoms with Crippen LogP contribution >= 0.6 is 23.2 Å². The first kappa shape index (κ1) is 20.4. The molecule has 0 fully saturated rings. The van der Waals surface area contributed by atoms with Crippen LogP contribution in [0.4, 0.5) is 5.69 Å². The largest absolute Gasteiger partial charge is 0.462 e. The van der Waals surface area contributed by atoms with Crippen LogP contribution in [0.2, 0.25) is 10.0 Å². The summed E-state index contributed by atoms with van der Waals surface area (Å²) in [6.07, 6.45) is 1.27. The molecule has 2 amide bonds. The van der Waals surface area contributed by atoms with Gasteiger partial charge in [-0.15, -0.1) is 0 Å². The van der Waals surface area contributed by atoms with Crippen molar-refractivity contribution in [3.05, 3.63) is 63.6 Å². The summed E-state index contributed by atoms with van der Waals surface area (Å²) in [5.74, 6) is -2.37. The number of ether oxygens (including phenoxy) is 1. The van der Waals surface area contributed by atoms with Gasteiger partial charge in [-0.3, -0.25) is 9.59 Å². The summed E-state index contributed by atoms with van der Waals surface area (Å²) < 4.78 is 4.86. The van der Waals surface area contributed by atoms with Gasteiger partial charge in [-0.2, -0.15) is 5.10 Å². The lowest BCUT2D eigenvalue weighted by Crippen LogP contribution is -2.32. The Morgan fingerprint density at radius 2 is 1.78 bits per heavy atom. The molecule has 0 heterocycles. The van der Waals surface area contributed by atoms with Crippen molar-refractivity contribution in [3.8, 4) is 0 Å². The molecular weight excluding hydrogens is 393 g/mol. The molecule has 0 aliphatic heterocycles. The van der Waals surface area contributed by atoms with Crippen LogP contribution in [0.15, 0.2) is 47.6 Å². The van der Waals surface area contributed by atoms with E-state index in [1.165, 1.54) is 30.5 Å². The number of anilines is 1. The zero-order valence-electron chi connectivity index (χ0n) is 14.2. The van der Waals surface area contributed by atoms with Crippen LogP contribution < -0.4 is 10.7 Å². The highest BCUT2D eigenvalue weighted by Gasteiger charge is 2.13. The number of amides is 2. The Morgan fingerprint density at radius 1 is 1.07 bits per heavy atom. The first-order valence-electron chi connectivity index (χ1n) is 7.78. The number of hydrazone groups is 1. The number of hydrogen-bond donors (Lipinski definition) is 2. The van der Waals surface area contributed by atoms with E-state index in [4.69, 9.17) is 27.9 Å². The number of benzene rings is 2. The Hall–Kier alpha value is -2.90. The highest BCUT2D eigenvalue weighted by Crippen LogP contribution is 2.24. The van der Waals surface area contributed by atoms with Gasteiger partial charge in [0.1, 0.15) is 0 Å². The second-order valence-corrected chi connectivity index (χ2v) is 5.88. The van der Waals surface area contributed by atoms with Crippen LogP contribution in [-0.2, 0) is 14.3 Å². The van der Waals surface area contributed by atoms with Crippen molar-refractivity contribution in [1.29, 1.82) is 0 Å². The van der Waals surface area contributed by atoms with Gasteiger partial charge in [-0.25, -0.2) is 10.2 Å². The Kier molecular flexibility index (Phi) is 7.34. The van der Waals surface area contributed by atoms with Crippen molar-refractivity contribution in [1.82, 2.24) is 5.43 Å². The van der Waals surface area contributed by atoms with Crippen molar-refractivity contribution in [2.75, 3.05) is 11.9 Å². The molecule has 0 aromatic heterocycles. The molecule has 2 N–H and O–H groups in total. The lowest BCUT2D eigenvalue weighted by molar-refractivity contribution is -0.136. The van der Waals surface area contributed by atoms with Gasteiger partial charge in [0.2, 0.25) is 0 Å². The van der Waals surface area contributed by atoms with Crippen molar-refractivity contribution < 1.29 is 19.1 Å². The predicted octanol–water partition coefficient (Wildman–Crippen LogP) is 3.26. The van der Waals surface area contributed by atoms with Gasteiger partial charge in [-0.1, -0.05) is 35.3 Å². The number of hydrogen-bond acceptors (Lipinski definition) is 5. The van der Waals surface area contributed by atoms with Gasteiger partial charge < -0.3 is 10.1 Å². The molecule has 0 aliphatic rings. The molecule has 0 radical (unpaired) electrons. The molecule has 9 heteroatoms. The normalized spacial score (nSPS) is 10.5. The third-order valence-electron chi connectivity index (χ3n) is 3.21. The lowest BCUT2D eigenvalue weighted by Gasteiger charge is -2.05. The summed E-state index contributed by atoms with van der Waals surface area (Å²) in [5, 5.41) is 6.68. The van der Waals surface area contributed by atoms with Gasteiger partial charge in [-0.05, 0) is 37.3 Å². The highest BCUT2D eigenvalue weighted by molar-refractivity contribution is 6.43. The van der Waals surface area contributed by atoms with Crippen molar-refractivity contribution >= 4 is 52.9 Å². The zero-order valence-corrected chi connectivity index (χ0v) is 15.7. The van der Waals surface area contributed by atoms with E-state index < -0.39 is 17.8 Å². The van der Waals surface area contributed by atoms with Gasteiger partial charge in [0.05, 0.1) is 28.4 Å². The van der Waals surface area contributed by atoms with Crippen molar-refractivity contribution in [3.63, 3.8) is 0 Å². The Balaban J connectivity index is 1.92. The minimum Gasteiger partial charge on any atom is -0.462 e. The van der Waals surface area contributed by atoms with Crippen LogP contribution in [0, 0.1) is 0 Å². The molecule has 2 aromatic carbocycles. The summed E-state index contributed by atoms with van der Waals surface area (Å²) in [4.78, 5) is 35.2. The summed E-state index contributed by atoms with van der Waals surface area (Å²) in [6.45, 7) is 1.96. The molecule has 0 bridgehead atoms. The van der Waals surface area contributed by atoms with E-state index in [9.17, 15) is 14.4 Å². The van der Waals surface area contributed by atoms with Gasteiger partial charge in [0.25, 0.3) is 0 Å². The summed E-state index contributed by atoms with van der Waals surface area (Å²) >= 11 is 11.9. The summed E-state index contributed by atoms with van der Waals surface area (Å²) in [6, 6.07) is 10.8. The molecule has 0 aliphatic carbocycles. The topological polar surface area (TPSA) is 96.9 Å². The Morgan fingerprint density at radius 3 is 2.44 bits per heavy atom. The fraction of sp³-hybridized carbons (Fsp3) is 0.111. The molecule has 0 saturated heterocycles. The average molecular weight is 408 g/mol. The van der Waals surface area contributed by atoms with E-state index in [1.54, 1.807) is 25.1 Å². The number of carbonyl (C=O) groups is 3. The van der Waals surface area contributed by atoms with Crippen LogP contribution in [0.1, 0.15) is 22.8 Å². The van der Waals surface area contributed by atoms with Gasteiger partial charge in [0.15, 0.2) is 0 Å². The first-order chi connectivity index (χ1) is 12.9. The third-order valence-corrected chi connectivity index (χ3v) is 4.04. The molecule has 0 saturated carbocycles. The van der Waals surface area contributed by atoms with Gasteiger partial charge in [0, 0.05) is 11.3 Å². The van der Waals surface area contributed by atoms with E-state index >= 15 is 0 Å². The minimum atomic E-state index is -0.973. The molecule has 0 atom stereocenters. The maximum Gasteiger partial charge on any atom is 0.338 e. The SMILES string of the molecule is CCOC(=O)c1ccc(NC(=O)C(=O)N/N=C\c2cccc(Cl)c2Cl)cc1. The van der Waals surface area contributed by atoms with Crippen LogP contribution in [0.5, 0.6) is 0 Å². The maximum absolute atomic E-state index is 11.9. The van der Waals surface area contributed by atoms with E-state index in [0.29, 0.717) is 21.8 Å². The molecule has 0 unspecified atom stereocenters. The van der Waals surface area contributed by atoms with E-state index in [2.05, 4.69) is 15.8 Å². The molecule has 2 rings (SSSR count). The Labute approximate surface area is 165 Å². The standard InChI is InChI=1S/C18H15Cl2N3O4/c1-2-27-18(26)11-6-8-13(9-7-11)22-16(24)17(25)23-21-10-12-4-3-5-14(19)15(12)20/h3-10H,2H2,1H3,(H,22,24)(H,23,25)/b21-10-. The van der Waals surface area contributed by atoms with Crippen molar-refractivity contribution in [2.45, 2.75) is 6.92 Å². The van der Waals surface area contributed by atoms with Crippen LogP contribution in [-0.4, -0.2) is 30.6 Å². The van der Waals surface area contributed by atoms with E-state index in [1.807, 2.05) is 0 Å². The molecule has 27 heavy (non-hydrogen) atoms. The number of esters is 1. The fourth-order valence-electron chi connectivity index (χ4n) is 1.92. The average Bonchev–Trinajstić information content (AvgIpc) is 2.65. The number of carbonyl (C=O) groups excluding carboxylic acids is 3. The second-order valence-electron chi connectivity index (χ2n) is 5.09. The van der Waals surface area contributed by atoms with Crippen LogP contribution in [0.25, 0.3) is 0 Å². The molecule has 140 valence electrons. The zero-order chi connectivity index (χ0) is 19.8. The van der Waals surface area contributed by atoms with E-state index in [0.717, 1.165) is 0 Å². The second kappa shape index (κ2) is 9.70. The smallest absolute Gasteiger partial charge is 0.338 e. The number of nitrogens with zero attached hydrogens (tertiary/aromatic N) is 1. The minimum absolute atomic E-state index is 0.262. The molecule has 2 aromatic rings. The quantitative estimate of drug-likeness (QED) is 0.344. The first-order valence-corrected chi connectivity index (χ1v) is 8.53. The number of halogens is 2. The third kappa shape index (κ3) is 5.80. The maximum atomic E-state index is 11.9. The fourth-order valence-corrected chi connectivity index (χ4v) is 2.28. The monoisotopic (exact) mass is 407 g/mol. The number of nitrogens with one attached hydrogen (secondary N) is 2. The van der Waals surface area contributed by atoms with Gasteiger partial charge >= 0.3 is 17.8 Å². The van der Waals surface area contributed by atoms with Crippen molar-refractivity contribution in [2.24, 2.45) is 5.10 Å². The predicted molar refractivity (Wildman–Crippen MR) is 103 cm³/mol. The number of rotatable bonds is 5. The molecule has 0 spiro atoms. The highest BCUT2D eigenvalue weighted by atomic mass is 35.5. The summed E-state index contributed by atoms with van der Waals surface area (Å²) in [5.41, 5.74) is 3.25. The lowest BCUT2D eigenvalue weighted by atomic mass is 10.2. The molecule has 7 nitrogen and oxygen atoms in total. The summed E-state index contributed by atoms with van der Waals surface area (Å²) in [7, 11) is 0.